The second-order valence-corrected chi connectivity index (χ2v) is 9.73. The van der Waals surface area contributed by atoms with Crippen LogP contribution < -0.4 is 9.47 Å². The lowest BCUT2D eigenvalue weighted by Crippen LogP contribution is -2.39. The zero-order valence-electron chi connectivity index (χ0n) is 23.7. The van der Waals surface area contributed by atoms with E-state index in [9.17, 15) is 19.5 Å². The molecule has 0 saturated carbocycles. The second kappa shape index (κ2) is 12.6. The highest BCUT2D eigenvalue weighted by Crippen LogP contribution is 2.46. The number of esters is 1. The number of morpholine rings is 1. The van der Waals surface area contributed by atoms with Gasteiger partial charge in [0, 0.05) is 43.0 Å². The summed E-state index contributed by atoms with van der Waals surface area (Å²) < 4.78 is 21.7. The summed E-state index contributed by atoms with van der Waals surface area (Å²) >= 11 is 0. The minimum atomic E-state index is -0.936. The van der Waals surface area contributed by atoms with Gasteiger partial charge in [0.2, 0.25) is 0 Å². The van der Waals surface area contributed by atoms with Crippen LogP contribution in [0, 0.1) is 13.8 Å². The topological polar surface area (TPSA) is 131 Å². The van der Waals surface area contributed by atoms with E-state index < -0.39 is 23.7 Å². The number of amides is 1. The van der Waals surface area contributed by atoms with E-state index in [0.717, 1.165) is 19.6 Å². The smallest absolute Gasteiger partial charge is 0.355 e. The van der Waals surface area contributed by atoms with Crippen LogP contribution in [0.1, 0.15) is 52.3 Å². The molecule has 40 heavy (non-hydrogen) atoms. The van der Waals surface area contributed by atoms with Crippen molar-refractivity contribution in [2.24, 2.45) is 0 Å². The fourth-order valence-corrected chi connectivity index (χ4v) is 5.50. The van der Waals surface area contributed by atoms with Gasteiger partial charge in [0.15, 0.2) is 11.5 Å². The van der Waals surface area contributed by atoms with Crippen LogP contribution in [-0.4, -0.2) is 97.8 Å². The molecule has 1 amide bonds. The first-order valence-electron chi connectivity index (χ1n) is 13.4. The van der Waals surface area contributed by atoms with E-state index in [1.165, 1.54) is 19.1 Å². The van der Waals surface area contributed by atoms with Gasteiger partial charge in [-0.3, -0.25) is 14.5 Å². The molecule has 1 aromatic heterocycles. The van der Waals surface area contributed by atoms with E-state index >= 15 is 0 Å². The Labute approximate surface area is 233 Å². The highest BCUT2D eigenvalue weighted by atomic mass is 16.5. The van der Waals surface area contributed by atoms with E-state index in [1.54, 1.807) is 39.0 Å². The Kier molecular flexibility index (Phi) is 9.16. The van der Waals surface area contributed by atoms with E-state index in [2.05, 4.69) is 9.88 Å². The summed E-state index contributed by atoms with van der Waals surface area (Å²) in [6.07, 6.45) is 0.616. The van der Waals surface area contributed by atoms with Crippen LogP contribution in [0.3, 0.4) is 0 Å². The second-order valence-electron chi connectivity index (χ2n) is 9.73. The van der Waals surface area contributed by atoms with Gasteiger partial charge in [0.05, 0.1) is 45.7 Å². The van der Waals surface area contributed by atoms with Crippen molar-refractivity contribution in [1.29, 1.82) is 0 Å². The van der Waals surface area contributed by atoms with Crippen molar-refractivity contribution < 1.29 is 38.4 Å². The highest BCUT2D eigenvalue weighted by Gasteiger charge is 2.47. The molecule has 0 bridgehead atoms. The first-order chi connectivity index (χ1) is 19.2. The summed E-state index contributed by atoms with van der Waals surface area (Å²) in [4.78, 5) is 46.3. The Bertz CT molecular complexity index is 1310. The number of hydrogen-bond donors (Lipinski definition) is 2. The van der Waals surface area contributed by atoms with Gasteiger partial charge in [-0.1, -0.05) is 12.1 Å². The van der Waals surface area contributed by atoms with Gasteiger partial charge < -0.3 is 33.9 Å². The third-order valence-electron chi connectivity index (χ3n) is 7.40. The number of aryl methyl sites for hydroxylation is 1. The molecular weight excluding hydrogens is 518 g/mol. The number of Topliss-reactive ketones (excluding diaryl/α,β-unsaturated/α-hetero) is 1. The number of methoxy groups -OCH3 is 2. The molecule has 1 aromatic carbocycles. The average molecular weight is 556 g/mol. The molecule has 0 radical (unpaired) electrons. The molecule has 4 rings (SSSR count). The number of nitrogens with one attached hydrogen (secondary N) is 1. The lowest BCUT2D eigenvalue weighted by Gasteiger charge is -2.30. The minimum Gasteiger partial charge on any atom is -0.507 e. The maximum absolute atomic E-state index is 13.6. The predicted octanol–water partition coefficient (Wildman–Crippen LogP) is 2.97. The number of carbonyl (C=O) groups is 3. The van der Waals surface area contributed by atoms with Gasteiger partial charge in [-0.05, 0) is 38.8 Å². The number of para-hydroxylation sites is 1. The number of likely N-dealkylation sites (tertiary alicyclic amines) is 1. The lowest BCUT2D eigenvalue weighted by molar-refractivity contribution is -0.140. The SMILES string of the molecule is CCOC(=O)c1[nH]c(C)c(C(O)=C2C(=O)C(=O)N(CCCN3CCOCC3)[C@H]2c2cccc(OC)c2OC)c1C. The Morgan fingerprint density at radius 2 is 1.85 bits per heavy atom. The van der Waals surface area contributed by atoms with Crippen LogP contribution in [-0.2, 0) is 19.1 Å². The summed E-state index contributed by atoms with van der Waals surface area (Å²) in [5, 5.41) is 11.7. The fourth-order valence-electron chi connectivity index (χ4n) is 5.50. The number of aromatic nitrogens is 1. The maximum atomic E-state index is 13.6. The van der Waals surface area contributed by atoms with Gasteiger partial charge in [0.25, 0.3) is 11.7 Å². The van der Waals surface area contributed by atoms with Crippen molar-refractivity contribution in [3.63, 3.8) is 0 Å². The van der Waals surface area contributed by atoms with Gasteiger partial charge in [-0.2, -0.15) is 0 Å². The van der Waals surface area contributed by atoms with E-state index in [-0.39, 0.29) is 35.7 Å². The third kappa shape index (κ3) is 5.44. The highest BCUT2D eigenvalue weighted by molar-refractivity contribution is 6.46. The van der Waals surface area contributed by atoms with Gasteiger partial charge >= 0.3 is 5.97 Å². The Morgan fingerprint density at radius 3 is 2.50 bits per heavy atom. The zero-order chi connectivity index (χ0) is 29.0. The number of hydrogen-bond acceptors (Lipinski definition) is 9. The molecule has 3 heterocycles. The van der Waals surface area contributed by atoms with Crippen molar-refractivity contribution in [3.8, 4) is 11.5 Å². The van der Waals surface area contributed by atoms with Gasteiger partial charge in [0.1, 0.15) is 11.5 Å². The van der Waals surface area contributed by atoms with Crippen molar-refractivity contribution in [2.45, 2.75) is 33.2 Å². The molecule has 2 fully saturated rings. The molecule has 2 aromatic rings. The summed E-state index contributed by atoms with van der Waals surface area (Å²) in [6.45, 7) is 9.17. The number of benzene rings is 1. The van der Waals surface area contributed by atoms with E-state index in [1.807, 2.05) is 0 Å². The molecule has 2 saturated heterocycles. The van der Waals surface area contributed by atoms with Gasteiger partial charge in [-0.25, -0.2) is 4.79 Å². The van der Waals surface area contributed by atoms with Crippen molar-refractivity contribution in [1.82, 2.24) is 14.8 Å². The first-order valence-corrected chi connectivity index (χ1v) is 13.4. The molecule has 2 aliphatic heterocycles. The molecule has 0 spiro atoms. The molecule has 2 N–H and O–H groups in total. The fraction of sp³-hybridized carbons (Fsp3) is 0.483. The van der Waals surface area contributed by atoms with Crippen LogP contribution >= 0.6 is 0 Å². The van der Waals surface area contributed by atoms with E-state index in [4.69, 9.17) is 18.9 Å². The Balaban J connectivity index is 1.82. The molecule has 216 valence electrons. The lowest BCUT2D eigenvalue weighted by atomic mass is 9.93. The summed E-state index contributed by atoms with van der Waals surface area (Å²) in [6, 6.07) is 4.28. The predicted molar refractivity (Wildman–Crippen MR) is 147 cm³/mol. The van der Waals surface area contributed by atoms with Crippen LogP contribution in [0.25, 0.3) is 5.76 Å². The molecule has 11 nitrogen and oxygen atoms in total. The number of ether oxygens (including phenoxy) is 4. The van der Waals surface area contributed by atoms with Crippen LogP contribution in [0.4, 0.5) is 0 Å². The van der Waals surface area contributed by atoms with Crippen LogP contribution in [0.15, 0.2) is 23.8 Å². The van der Waals surface area contributed by atoms with Crippen LogP contribution in [0.5, 0.6) is 11.5 Å². The maximum Gasteiger partial charge on any atom is 0.355 e. The quantitative estimate of drug-likeness (QED) is 0.197. The molecule has 1 atom stereocenters. The Morgan fingerprint density at radius 1 is 1.12 bits per heavy atom. The number of nitrogens with zero attached hydrogens (tertiary/aromatic N) is 2. The van der Waals surface area contributed by atoms with Crippen molar-refractivity contribution in [2.75, 3.05) is 60.2 Å². The average Bonchev–Trinajstić information content (AvgIpc) is 3.39. The first kappa shape index (κ1) is 29.2. The zero-order valence-corrected chi connectivity index (χ0v) is 23.7. The number of carbonyl (C=O) groups excluding carboxylic acids is 3. The number of rotatable bonds is 10. The number of aliphatic hydroxyl groups excluding tert-OH is 1. The standard InChI is InChI=1S/C29H37N3O8/c1-6-40-29(36)23-17(2)21(18(3)30-23)25(33)22-24(19-9-7-10-20(37-4)27(19)38-5)32(28(35)26(22)34)12-8-11-31-13-15-39-16-14-31/h7,9-10,24,30,33H,6,8,11-16H2,1-5H3/t24-/m0/s1. The largest absolute Gasteiger partial charge is 0.507 e. The molecular formula is C29H37N3O8. The molecule has 11 heteroatoms. The summed E-state index contributed by atoms with van der Waals surface area (Å²) in [5.74, 6) is -1.68. The number of aliphatic hydroxyl groups is 1. The van der Waals surface area contributed by atoms with Gasteiger partial charge in [-0.15, -0.1) is 0 Å². The van der Waals surface area contributed by atoms with E-state index in [0.29, 0.717) is 48.0 Å². The number of H-pyrrole nitrogens is 1. The summed E-state index contributed by atoms with van der Waals surface area (Å²) in [7, 11) is 2.99. The molecule has 2 aliphatic rings. The third-order valence-corrected chi connectivity index (χ3v) is 7.40. The normalized spacial score (nSPS) is 19.2. The number of ketones is 1. The summed E-state index contributed by atoms with van der Waals surface area (Å²) in [5.41, 5.74) is 1.77. The minimum absolute atomic E-state index is 0.0801. The monoisotopic (exact) mass is 555 g/mol. The Hall–Kier alpha value is -3.83. The molecule has 0 unspecified atom stereocenters. The van der Waals surface area contributed by atoms with Crippen molar-refractivity contribution in [3.05, 3.63) is 51.9 Å². The molecule has 0 aliphatic carbocycles. The number of aromatic amines is 1. The van der Waals surface area contributed by atoms with Crippen molar-refractivity contribution >= 4 is 23.4 Å². The van der Waals surface area contributed by atoms with Crippen LogP contribution in [0.2, 0.25) is 0 Å².